The van der Waals surface area contributed by atoms with Crippen molar-refractivity contribution in [2.75, 3.05) is 6.54 Å². The number of alkyl halides is 3. The summed E-state index contributed by atoms with van der Waals surface area (Å²) in [6.45, 7) is 1.75. The van der Waals surface area contributed by atoms with Crippen molar-refractivity contribution < 1.29 is 18.0 Å². The van der Waals surface area contributed by atoms with Crippen molar-refractivity contribution in [3.05, 3.63) is 41.7 Å². The number of nitrogens with one attached hydrogen (secondary N) is 1. The lowest BCUT2D eigenvalue weighted by atomic mass is 10.1. The number of aldehydes is 1. The third kappa shape index (κ3) is 4.59. The van der Waals surface area contributed by atoms with Gasteiger partial charge in [0.25, 0.3) is 0 Å². The summed E-state index contributed by atoms with van der Waals surface area (Å²) in [6, 6.07) is 9.97. The molecule has 2 heterocycles. The number of hydrogen-bond donors (Lipinski definition) is 1. The minimum atomic E-state index is -4.64. The maximum atomic E-state index is 10.4. The Balaban J connectivity index is 0.000000254. The molecule has 0 radical (unpaired) electrons. The van der Waals surface area contributed by atoms with Crippen LogP contribution in [0.25, 0.3) is 11.4 Å². The van der Waals surface area contributed by atoms with Gasteiger partial charge in [-0.3, -0.25) is 4.79 Å². The van der Waals surface area contributed by atoms with E-state index in [1.165, 1.54) is 0 Å². The molecule has 0 fully saturated rings. The lowest BCUT2D eigenvalue weighted by Crippen LogP contribution is -2.26. The maximum Gasteiger partial charge on any atom is 0.446 e. The third-order valence-corrected chi connectivity index (χ3v) is 2.84. The molecule has 0 bridgehead atoms. The molecule has 1 aliphatic rings. The van der Waals surface area contributed by atoms with Crippen LogP contribution < -0.4 is 5.32 Å². The number of hydrogen-bond acceptors (Lipinski definition) is 5. The Hall–Kier alpha value is -2.35. The van der Waals surface area contributed by atoms with Crippen LogP contribution in [0.1, 0.15) is 11.4 Å². The smallest absolute Gasteiger partial charge is 0.311 e. The van der Waals surface area contributed by atoms with Gasteiger partial charge in [-0.05, 0) is 0 Å². The van der Waals surface area contributed by atoms with Gasteiger partial charge in [0.05, 0.1) is 11.4 Å². The van der Waals surface area contributed by atoms with E-state index in [1.54, 1.807) is 0 Å². The Kier molecular flexibility index (Phi) is 5.16. The minimum absolute atomic E-state index is 0.723. The van der Waals surface area contributed by atoms with Crippen molar-refractivity contribution >= 4 is 6.29 Å². The fourth-order valence-electron chi connectivity index (χ4n) is 1.84. The Morgan fingerprint density at radius 3 is 2.41 bits per heavy atom. The van der Waals surface area contributed by atoms with Gasteiger partial charge in [-0.2, -0.15) is 18.3 Å². The fraction of sp³-hybridized carbons (Fsp3) is 0.286. The molecule has 0 saturated carbocycles. The average Bonchev–Trinajstić information content (AvgIpc) is 2.55. The number of carbonyl (C=O) groups excluding carboxylic acids is 1. The molecule has 0 atom stereocenters. The summed E-state index contributed by atoms with van der Waals surface area (Å²) in [4.78, 5) is 13.3. The number of carbonyl (C=O) groups is 1. The van der Waals surface area contributed by atoms with E-state index in [-0.39, 0.29) is 0 Å². The normalized spacial score (nSPS) is 13.6. The van der Waals surface area contributed by atoms with Crippen LogP contribution in [0.4, 0.5) is 13.2 Å². The molecule has 116 valence electrons. The van der Waals surface area contributed by atoms with Gasteiger partial charge in [-0.1, -0.05) is 30.3 Å². The summed E-state index contributed by atoms with van der Waals surface area (Å²) in [5, 5.41) is 11.6. The molecular weight excluding hydrogens is 297 g/mol. The van der Waals surface area contributed by atoms with E-state index in [2.05, 4.69) is 20.5 Å². The predicted octanol–water partition coefficient (Wildman–Crippen LogP) is 1.93. The van der Waals surface area contributed by atoms with Crippen LogP contribution in [-0.2, 0) is 17.8 Å². The summed E-state index contributed by atoms with van der Waals surface area (Å²) in [5.74, 6) is 0.723. The van der Waals surface area contributed by atoms with Crippen molar-refractivity contribution in [2.24, 2.45) is 0 Å². The van der Waals surface area contributed by atoms with Crippen LogP contribution in [0.2, 0.25) is 0 Å². The van der Waals surface area contributed by atoms with Crippen molar-refractivity contribution in [2.45, 2.75) is 19.1 Å². The van der Waals surface area contributed by atoms with Crippen molar-refractivity contribution in [3.63, 3.8) is 0 Å². The lowest BCUT2D eigenvalue weighted by Gasteiger charge is -2.14. The molecule has 0 spiro atoms. The summed E-state index contributed by atoms with van der Waals surface area (Å²) < 4.78 is 31.2. The highest BCUT2D eigenvalue weighted by Crippen LogP contribution is 2.15. The first-order valence-electron chi connectivity index (χ1n) is 6.51. The second kappa shape index (κ2) is 7.08. The van der Waals surface area contributed by atoms with Crippen molar-refractivity contribution in [1.82, 2.24) is 20.5 Å². The van der Waals surface area contributed by atoms with Gasteiger partial charge in [0.1, 0.15) is 0 Å². The highest BCUT2D eigenvalue weighted by atomic mass is 19.4. The summed E-state index contributed by atoms with van der Waals surface area (Å²) in [5.41, 5.74) is 3.08. The van der Waals surface area contributed by atoms with E-state index in [1.807, 2.05) is 30.3 Å². The van der Waals surface area contributed by atoms with Crippen LogP contribution in [0.3, 0.4) is 0 Å². The molecule has 0 amide bonds. The Bertz CT molecular complexity index is 632. The Morgan fingerprint density at radius 2 is 1.77 bits per heavy atom. The molecule has 3 rings (SSSR count). The molecule has 2 aromatic rings. The van der Waals surface area contributed by atoms with E-state index in [0.717, 1.165) is 42.3 Å². The van der Waals surface area contributed by atoms with E-state index in [0.29, 0.717) is 0 Å². The van der Waals surface area contributed by atoms with Crippen LogP contribution in [0, 0.1) is 0 Å². The van der Waals surface area contributed by atoms with E-state index in [9.17, 15) is 13.2 Å². The minimum Gasteiger partial charge on any atom is -0.311 e. The molecular formula is C14H13F3N4O. The number of aromatic nitrogens is 3. The van der Waals surface area contributed by atoms with Crippen LogP contribution in [-0.4, -0.2) is 34.2 Å². The predicted molar refractivity (Wildman–Crippen MR) is 72.8 cm³/mol. The zero-order chi connectivity index (χ0) is 16.0. The Morgan fingerprint density at radius 1 is 1.09 bits per heavy atom. The molecule has 1 aromatic heterocycles. The van der Waals surface area contributed by atoms with Gasteiger partial charge in [0.2, 0.25) is 6.29 Å². The van der Waals surface area contributed by atoms with Gasteiger partial charge in [-0.25, -0.2) is 4.98 Å². The van der Waals surface area contributed by atoms with Gasteiger partial charge in [-0.15, -0.1) is 5.10 Å². The van der Waals surface area contributed by atoms with Crippen LogP contribution >= 0.6 is 0 Å². The number of rotatable bonds is 1. The number of fused-ring (bicyclic) bond motifs is 1. The summed E-state index contributed by atoms with van der Waals surface area (Å²) in [7, 11) is 0. The lowest BCUT2D eigenvalue weighted by molar-refractivity contribution is -0.156. The van der Waals surface area contributed by atoms with E-state index in [4.69, 9.17) is 4.79 Å². The average molecular weight is 310 g/mol. The molecule has 5 nitrogen and oxygen atoms in total. The second-order valence-electron chi connectivity index (χ2n) is 4.48. The highest BCUT2D eigenvalue weighted by Gasteiger charge is 2.24. The largest absolute Gasteiger partial charge is 0.446 e. The molecule has 8 heteroatoms. The van der Waals surface area contributed by atoms with Crippen LogP contribution in [0.5, 0.6) is 0 Å². The van der Waals surface area contributed by atoms with E-state index < -0.39 is 12.5 Å². The summed E-state index contributed by atoms with van der Waals surface area (Å²) in [6.07, 6.45) is -4.77. The SMILES string of the molecule is O=CC(F)(F)F.c1ccc(-c2nnc3c(n2)CCNC3)cc1. The third-order valence-electron chi connectivity index (χ3n) is 2.84. The van der Waals surface area contributed by atoms with Gasteiger partial charge < -0.3 is 5.32 Å². The number of nitrogens with zero attached hydrogens (tertiary/aromatic N) is 3. The van der Waals surface area contributed by atoms with Gasteiger partial charge >= 0.3 is 6.18 Å². The quantitative estimate of drug-likeness (QED) is 0.815. The first-order chi connectivity index (χ1) is 10.5. The fourth-order valence-corrected chi connectivity index (χ4v) is 1.84. The molecule has 22 heavy (non-hydrogen) atoms. The number of halogens is 3. The van der Waals surface area contributed by atoms with Crippen molar-refractivity contribution in [3.8, 4) is 11.4 Å². The molecule has 1 aromatic carbocycles. The molecule has 1 N–H and O–H groups in total. The maximum absolute atomic E-state index is 10.4. The first kappa shape index (κ1) is 16.0. The first-order valence-corrected chi connectivity index (χ1v) is 6.51. The zero-order valence-electron chi connectivity index (χ0n) is 11.5. The molecule has 0 aliphatic carbocycles. The second-order valence-corrected chi connectivity index (χ2v) is 4.48. The van der Waals surface area contributed by atoms with E-state index >= 15 is 0 Å². The van der Waals surface area contributed by atoms with Crippen molar-refractivity contribution in [1.29, 1.82) is 0 Å². The molecule has 0 saturated heterocycles. The summed E-state index contributed by atoms with van der Waals surface area (Å²) >= 11 is 0. The molecule has 1 aliphatic heterocycles. The topological polar surface area (TPSA) is 67.8 Å². The van der Waals surface area contributed by atoms with Crippen LogP contribution in [0.15, 0.2) is 30.3 Å². The van der Waals surface area contributed by atoms with Gasteiger partial charge in [0.15, 0.2) is 5.82 Å². The zero-order valence-corrected chi connectivity index (χ0v) is 11.5. The van der Waals surface area contributed by atoms with Gasteiger partial charge in [0, 0.05) is 25.1 Å². The highest BCUT2D eigenvalue weighted by molar-refractivity contribution is 5.56. The Labute approximate surface area is 124 Å². The monoisotopic (exact) mass is 310 g/mol. The standard InChI is InChI=1S/C12H12N4.C2HF3O/c1-2-4-9(5-3-1)12-14-10-6-7-13-8-11(10)15-16-12;3-2(4,5)1-6/h1-5,13H,6-8H2;1H. The molecule has 0 unspecified atom stereocenters. The number of benzene rings is 1.